The molecule has 0 aliphatic heterocycles. The Kier molecular flexibility index (Phi) is 2.47. The van der Waals surface area contributed by atoms with E-state index in [4.69, 9.17) is 5.11 Å². The van der Waals surface area contributed by atoms with E-state index in [-0.39, 0.29) is 11.3 Å². The molecular formula is C10H12N4O4. The van der Waals surface area contributed by atoms with Gasteiger partial charge >= 0.3 is 5.97 Å². The number of H-pyrrole nitrogens is 1. The van der Waals surface area contributed by atoms with Crippen LogP contribution in [0.4, 0.5) is 0 Å². The van der Waals surface area contributed by atoms with Gasteiger partial charge in [-0.15, -0.1) is 0 Å². The summed E-state index contributed by atoms with van der Waals surface area (Å²) in [5, 5.41) is 22.9. The molecule has 2 aromatic heterocycles. The molecule has 8 nitrogen and oxygen atoms in total. The Bertz CT molecular complexity index is 692. The van der Waals surface area contributed by atoms with Crippen molar-refractivity contribution in [2.24, 2.45) is 0 Å². The fraction of sp³-hybridized carbons (Fsp3) is 0.400. The lowest BCUT2D eigenvalue weighted by atomic mass is 10.1. The standard InChI is InChI=1S/C10H12N4O4/c1-4-11-7(15)6-5(8(16)17)12-9(10(2,3)18)14(6)13-4/h18H,1-3H3,(H,16,17)(H,11,13,15). The van der Waals surface area contributed by atoms with Crippen LogP contribution in [0.25, 0.3) is 5.52 Å². The smallest absolute Gasteiger partial charge is 0.357 e. The third-order valence-electron chi connectivity index (χ3n) is 2.36. The number of aromatic amines is 1. The normalized spacial score (nSPS) is 12.0. The fourth-order valence-electron chi connectivity index (χ4n) is 1.66. The van der Waals surface area contributed by atoms with Gasteiger partial charge in [0, 0.05) is 0 Å². The lowest BCUT2D eigenvalue weighted by Crippen LogP contribution is -2.23. The number of rotatable bonds is 2. The van der Waals surface area contributed by atoms with Gasteiger partial charge in [0.2, 0.25) is 0 Å². The Labute approximate surface area is 101 Å². The number of hydrogen-bond acceptors (Lipinski definition) is 5. The summed E-state index contributed by atoms with van der Waals surface area (Å²) >= 11 is 0. The minimum atomic E-state index is -1.41. The van der Waals surface area contributed by atoms with Gasteiger partial charge in [0.25, 0.3) is 5.56 Å². The molecule has 3 N–H and O–H groups in total. The van der Waals surface area contributed by atoms with Crippen LogP contribution in [0.15, 0.2) is 4.79 Å². The van der Waals surface area contributed by atoms with Crippen LogP contribution < -0.4 is 5.56 Å². The molecule has 0 aliphatic rings. The summed E-state index contributed by atoms with van der Waals surface area (Å²) in [5.41, 5.74) is -2.64. The number of aromatic carboxylic acids is 1. The van der Waals surface area contributed by atoms with Gasteiger partial charge in [0.15, 0.2) is 17.0 Å². The van der Waals surface area contributed by atoms with E-state index in [9.17, 15) is 14.7 Å². The number of carboxylic acids is 1. The maximum atomic E-state index is 11.8. The van der Waals surface area contributed by atoms with Gasteiger partial charge in [-0.2, -0.15) is 5.10 Å². The maximum Gasteiger partial charge on any atom is 0.357 e. The molecule has 0 fully saturated rings. The van der Waals surface area contributed by atoms with Crippen LogP contribution >= 0.6 is 0 Å². The Morgan fingerprint density at radius 1 is 1.44 bits per heavy atom. The van der Waals surface area contributed by atoms with E-state index in [0.717, 1.165) is 4.52 Å². The van der Waals surface area contributed by atoms with Crippen LogP contribution in [0.5, 0.6) is 0 Å². The van der Waals surface area contributed by atoms with Gasteiger partial charge < -0.3 is 15.2 Å². The molecule has 8 heteroatoms. The Hall–Kier alpha value is -2.22. The van der Waals surface area contributed by atoms with Crippen molar-refractivity contribution >= 4 is 11.5 Å². The molecule has 0 radical (unpaired) electrons. The van der Waals surface area contributed by atoms with E-state index >= 15 is 0 Å². The van der Waals surface area contributed by atoms with Crippen LogP contribution in [0.3, 0.4) is 0 Å². The Morgan fingerprint density at radius 3 is 2.56 bits per heavy atom. The molecule has 0 spiro atoms. The first kappa shape index (κ1) is 12.2. The predicted molar refractivity (Wildman–Crippen MR) is 60.5 cm³/mol. The molecule has 0 aromatic carbocycles. The topological polar surface area (TPSA) is 121 Å². The second kappa shape index (κ2) is 3.64. The number of nitrogens with one attached hydrogen (secondary N) is 1. The zero-order valence-electron chi connectivity index (χ0n) is 10.1. The van der Waals surface area contributed by atoms with Gasteiger partial charge in [-0.3, -0.25) is 4.79 Å². The zero-order chi connectivity index (χ0) is 13.7. The van der Waals surface area contributed by atoms with E-state index in [1.54, 1.807) is 6.92 Å². The molecule has 96 valence electrons. The minimum absolute atomic E-state index is 0.00380. The summed E-state index contributed by atoms with van der Waals surface area (Å²) < 4.78 is 1.07. The number of carbonyl (C=O) groups is 1. The van der Waals surface area contributed by atoms with E-state index < -0.39 is 22.8 Å². The number of nitrogens with zero attached hydrogens (tertiary/aromatic N) is 3. The molecule has 0 unspecified atom stereocenters. The summed E-state index contributed by atoms with van der Waals surface area (Å²) in [6.07, 6.45) is 0. The highest BCUT2D eigenvalue weighted by molar-refractivity contribution is 5.93. The predicted octanol–water partition coefficient (Wildman–Crippen LogP) is -0.348. The third kappa shape index (κ3) is 1.76. The number of hydrogen-bond donors (Lipinski definition) is 3. The van der Waals surface area contributed by atoms with Crippen LogP contribution in [-0.4, -0.2) is 35.8 Å². The van der Waals surface area contributed by atoms with Gasteiger partial charge in [-0.25, -0.2) is 14.3 Å². The van der Waals surface area contributed by atoms with Crippen molar-refractivity contribution in [2.75, 3.05) is 0 Å². The first-order valence-electron chi connectivity index (χ1n) is 5.17. The van der Waals surface area contributed by atoms with Crippen molar-refractivity contribution < 1.29 is 15.0 Å². The summed E-state index contributed by atoms with van der Waals surface area (Å²) in [5.74, 6) is -1.05. The first-order chi connectivity index (χ1) is 8.21. The molecule has 2 aromatic rings. The third-order valence-corrected chi connectivity index (χ3v) is 2.36. The average Bonchev–Trinajstić information content (AvgIpc) is 2.55. The number of carboxylic acid groups (broad SMARTS) is 1. The monoisotopic (exact) mass is 252 g/mol. The lowest BCUT2D eigenvalue weighted by Gasteiger charge is -2.14. The number of imidazole rings is 1. The molecule has 0 saturated carbocycles. The molecule has 0 aliphatic carbocycles. The van der Waals surface area contributed by atoms with Crippen LogP contribution in [0, 0.1) is 6.92 Å². The van der Waals surface area contributed by atoms with Gasteiger partial charge in [0.1, 0.15) is 11.4 Å². The molecule has 2 heterocycles. The van der Waals surface area contributed by atoms with Gasteiger partial charge in [-0.1, -0.05) is 0 Å². The van der Waals surface area contributed by atoms with Crippen molar-refractivity contribution in [3.05, 3.63) is 27.7 Å². The molecule has 0 amide bonds. The van der Waals surface area contributed by atoms with E-state index in [1.165, 1.54) is 13.8 Å². The summed E-state index contributed by atoms with van der Waals surface area (Å²) in [7, 11) is 0. The van der Waals surface area contributed by atoms with Crippen LogP contribution in [0.2, 0.25) is 0 Å². The van der Waals surface area contributed by atoms with Gasteiger partial charge in [0.05, 0.1) is 0 Å². The number of aryl methyl sites for hydroxylation is 1. The van der Waals surface area contributed by atoms with E-state index in [1.807, 2.05) is 0 Å². The van der Waals surface area contributed by atoms with E-state index in [0.29, 0.717) is 5.82 Å². The highest BCUT2D eigenvalue weighted by Gasteiger charge is 2.29. The first-order valence-corrected chi connectivity index (χ1v) is 5.17. The van der Waals surface area contributed by atoms with Crippen molar-refractivity contribution in [3.8, 4) is 0 Å². The maximum absolute atomic E-state index is 11.8. The van der Waals surface area contributed by atoms with Crippen LogP contribution in [0.1, 0.15) is 36.0 Å². The van der Waals surface area contributed by atoms with Crippen molar-refractivity contribution in [2.45, 2.75) is 26.4 Å². The Morgan fingerprint density at radius 2 is 2.06 bits per heavy atom. The van der Waals surface area contributed by atoms with Crippen molar-refractivity contribution in [3.63, 3.8) is 0 Å². The molecule has 0 atom stereocenters. The SMILES string of the molecule is Cc1nn2c(C(C)(C)O)nc(C(=O)O)c2c(=O)[nH]1. The minimum Gasteiger partial charge on any atom is -0.476 e. The number of aromatic nitrogens is 4. The molecular weight excluding hydrogens is 240 g/mol. The second-order valence-corrected chi connectivity index (χ2v) is 4.45. The second-order valence-electron chi connectivity index (χ2n) is 4.45. The summed E-state index contributed by atoms with van der Waals surface area (Å²) in [6.45, 7) is 4.42. The largest absolute Gasteiger partial charge is 0.476 e. The molecule has 0 saturated heterocycles. The number of fused-ring (bicyclic) bond motifs is 1. The Balaban J connectivity index is 2.99. The lowest BCUT2D eigenvalue weighted by molar-refractivity contribution is 0.0654. The fourth-order valence-corrected chi connectivity index (χ4v) is 1.66. The molecule has 18 heavy (non-hydrogen) atoms. The van der Waals surface area contributed by atoms with Crippen LogP contribution in [-0.2, 0) is 5.60 Å². The van der Waals surface area contributed by atoms with Crippen molar-refractivity contribution in [1.82, 2.24) is 19.6 Å². The quantitative estimate of drug-likeness (QED) is 0.671. The summed E-state index contributed by atoms with van der Waals surface area (Å²) in [4.78, 5) is 29.0. The zero-order valence-corrected chi connectivity index (χ0v) is 10.1. The average molecular weight is 252 g/mol. The summed E-state index contributed by atoms with van der Waals surface area (Å²) in [6, 6.07) is 0. The van der Waals surface area contributed by atoms with E-state index in [2.05, 4.69) is 15.1 Å². The van der Waals surface area contributed by atoms with Gasteiger partial charge in [-0.05, 0) is 20.8 Å². The highest BCUT2D eigenvalue weighted by atomic mass is 16.4. The number of aliphatic hydroxyl groups is 1. The highest BCUT2D eigenvalue weighted by Crippen LogP contribution is 2.20. The molecule has 0 bridgehead atoms. The van der Waals surface area contributed by atoms with Crippen molar-refractivity contribution in [1.29, 1.82) is 0 Å². The molecule has 2 rings (SSSR count).